The Hall–Kier alpha value is -2.21. The maximum Gasteiger partial charge on any atom is 0.177 e. The molecule has 0 radical (unpaired) electrons. The normalized spacial score (nSPS) is 11.2. The third-order valence-corrected chi connectivity index (χ3v) is 2.72. The van der Waals surface area contributed by atoms with Crippen LogP contribution in [-0.2, 0) is 6.54 Å². The van der Waals surface area contributed by atoms with Crippen LogP contribution in [0, 0.1) is 0 Å². The summed E-state index contributed by atoms with van der Waals surface area (Å²) in [5.74, 6) is 0.662. The molecule has 0 fully saturated rings. The van der Waals surface area contributed by atoms with Crippen molar-refractivity contribution in [2.24, 2.45) is 5.73 Å². The Morgan fingerprint density at radius 2 is 2.18 bits per heavy atom. The van der Waals surface area contributed by atoms with E-state index in [-0.39, 0.29) is 0 Å². The molecular formula is C11H11N5O. The molecule has 0 aliphatic carbocycles. The summed E-state index contributed by atoms with van der Waals surface area (Å²) in [7, 11) is 1.60. The van der Waals surface area contributed by atoms with Crippen molar-refractivity contribution in [1.82, 2.24) is 19.8 Å². The number of aromatic nitrogens is 4. The third kappa shape index (κ3) is 1.34. The molecule has 3 aromatic rings. The van der Waals surface area contributed by atoms with E-state index in [0.717, 1.165) is 11.1 Å². The predicted molar refractivity (Wildman–Crippen MR) is 62.7 cm³/mol. The van der Waals surface area contributed by atoms with Crippen LogP contribution in [0.4, 0.5) is 0 Å². The van der Waals surface area contributed by atoms with Crippen molar-refractivity contribution in [3.63, 3.8) is 0 Å². The molecule has 0 spiro atoms. The Bertz CT molecular complexity index is 691. The lowest BCUT2D eigenvalue weighted by atomic mass is 10.1. The van der Waals surface area contributed by atoms with Crippen molar-refractivity contribution >= 4 is 16.7 Å². The van der Waals surface area contributed by atoms with Crippen molar-refractivity contribution in [3.05, 3.63) is 30.0 Å². The summed E-state index contributed by atoms with van der Waals surface area (Å²) in [5, 5.41) is 12.5. The summed E-state index contributed by atoms with van der Waals surface area (Å²) in [6, 6.07) is 5.65. The fraction of sp³-hybridized carbons (Fsp3) is 0.182. The van der Waals surface area contributed by atoms with Crippen LogP contribution in [0.5, 0.6) is 5.75 Å². The summed E-state index contributed by atoms with van der Waals surface area (Å²) in [6.07, 6.45) is 1.69. The number of nitrogens with zero attached hydrogens (tertiary/aromatic N) is 4. The number of nitrogens with two attached hydrogens (primary N) is 1. The Morgan fingerprint density at radius 3 is 2.94 bits per heavy atom. The van der Waals surface area contributed by atoms with Crippen molar-refractivity contribution in [2.75, 3.05) is 7.11 Å². The molecular weight excluding hydrogens is 218 g/mol. The highest BCUT2D eigenvalue weighted by Crippen LogP contribution is 2.27. The highest BCUT2D eigenvalue weighted by atomic mass is 16.5. The van der Waals surface area contributed by atoms with Gasteiger partial charge < -0.3 is 10.5 Å². The summed E-state index contributed by atoms with van der Waals surface area (Å²) in [4.78, 5) is 0. The van der Waals surface area contributed by atoms with Gasteiger partial charge in [0, 0.05) is 18.2 Å². The van der Waals surface area contributed by atoms with Gasteiger partial charge in [0.1, 0.15) is 0 Å². The van der Waals surface area contributed by atoms with Crippen molar-refractivity contribution < 1.29 is 4.74 Å². The molecule has 0 amide bonds. The van der Waals surface area contributed by atoms with E-state index in [2.05, 4.69) is 15.3 Å². The van der Waals surface area contributed by atoms with Gasteiger partial charge >= 0.3 is 0 Å². The molecule has 3 rings (SSSR count). The van der Waals surface area contributed by atoms with Crippen LogP contribution in [0.25, 0.3) is 16.7 Å². The first-order valence-electron chi connectivity index (χ1n) is 5.21. The van der Waals surface area contributed by atoms with E-state index in [1.54, 1.807) is 23.9 Å². The van der Waals surface area contributed by atoms with Crippen molar-refractivity contribution in [2.45, 2.75) is 6.54 Å². The molecule has 0 aliphatic heterocycles. The molecule has 6 nitrogen and oxygen atoms in total. The molecule has 0 saturated carbocycles. The largest absolute Gasteiger partial charge is 0.494 e. The molecule has 2 heterocycles. The van der Waals surface area contributed by atoms with Crippen LogP contribution >= 0.6 is 0 Å². The highest BCUT2D eigenvalue weighted by molar-refractivity contribution is 5.83. The van der Waals surface area contributed by atoms with Crippen molar-refractivity contribution in [1.29, 1.82) is 0 Å². The van der Waals surface area contributed by atoms with Gasteiger partial charge in [0.05, 0.1) is 18.8 Å². The lowest BCUT2D eigenvalue weighted by molar-refractivity contribution is 0.413. The van der Waals surface area contributed by atoms with Gasteiger partial charge in [-0.15, -0.1) is 10.2 Å². The Labute approximate surface area is 97.0 Å². The fourth-order valence-electron chi connectivity index (χ4n) is 1.92. The van der Waals surface area contributed by atoms with Crippen LogP contribution < -0.4 is 10.5 Å². The van der Waals surface area contributed by atoms with E-state index >= 15 is 0 Å². The minimum atomic E-state index is 0.401. The van der Waals surface area contributed by atoms with Crippen LogP contribution in [0.2, 0.25) is 0 Å². The summed E-state index contributed by atoms with van der Waals surface area (Å²) in [5.41, 5.74) is 8.80. The van der Waals surface area contributed by atoms with E-state index in [9.17, 15) is 0 Å². The number of rotatable bonds is 2. The molecule has 6 heteroatoms. The van der Waals surface area contributed by atoms with Crippen LogP contribution in [0.1, 0.15) is 5.56 Å². The molecule has 0 atom stereocenters. The van der Waals surface area contributed by atoms with E-state index in [1.807, 2.05) is 12.1 Å². The first-order chi connectivity index (χ1) is 8.35. The zero-order chi connectivity index (χ0) is 11.8. The summed E-state index contributed by atoms with van der Waals surface area (Å²) in [6.45, 7) is 0.401. The SMILES string of the molecule is COc1c(CN)ccc2c1nnc1ccnn12. The third-order valence-electron chi connectivity index (χ3n) is 2.72. The Morgan fingerprint density at radius 1 is 1.29 bits per heavy atom. The average Bonchev–Trinajstić information content (AvgIpc) is 2.85. The Balaban J connectivity index is 2.47. The lowest BCUT2D eigenvalue weighted by Crippen LogP contribution is -2.04. The average molecular weight is 229 g/mol. The second kappa shape index (κ2) is 3.67. The second-order valence-corrected chi connectivity index (χ2v) is 3.63. The van der Waals surface area contributed by atoms with E-state index in [0.29, 0.717) is 23.5 Å². The van der Waals surface area contributed by atoms with Gasteiger partial charge in [0.2, 0.25) is 0 Å². The lowest BCUT2D eigenvalue weighted by Gasteiger charge is -2.09. The molecule has 86 valence electrons. The molecule has 1 aromatic carbocycles. The standard InChI is InChI=1S/C11H11N5O/c1-17-11-7(6-12)2-3-8-10(11)15-14-9-4-5-13-16(8)9/h2-5H,6,12H2,1H3. The van der Waals surface area contributed by atoms with Gasteiger partial charge in [-0.25, -0.2) is 4.52 Å². The fourth-order valence-corrected chi connectivity index (χ4v) is 1.92. The number of hydrogen-bond donors (Lipinski definition) is 1. The molecule has 0 aliphatic rings. The topological polar surface area (TPSA) is 78.3 Å². The van der Waals surface area contributed by atoms with Crippen LogP contribution in [0.3, 0.4) is 0 Å². The molecule has 0 saturated heterocycles. The molecule has 17 heavy (non-hydrogen) atoms. The number of ether oxygens (including phenoxy) is 1. The molecule has 0 unspecified atom stereocenters. The van der Waals surface area contributed by atoms with Crippen LogP contribution in [0.15, 0.2) is 24.4 Å². The minimum absolute atomic E-state index is 0.401. The van der Waals surface area contributed by atoms with Gasteiger partial charge in [0.25, 0.3) is 0 Å². The first kappa shape index (κ1) is 9.98. The second-order valence-electron chi connectivity index (χ2n) is 3.63. The number of hydrogen-bond acceptors (Lipinski definition) is 5. The highest BCUT2D eigenvalue weighted by Gasteiger charge is 2.12. The van der Waals surface area contributed by atoms with Gasteiger partial charge in [-0.2, -0.15) is 5.10 Å². The van der Waals surface area contributed by atoms with E-state index in [1.165, 1.54) is 0 Å². The smallest absolute Gasteiger partial charge is 0.177 e. The zero-order valence-electron chi connectivity index (χ0n) is 9.29. The van der Waals surface area contributed by atoms with Gasteiger partial charge in [-0.3, -0.25) is 0 Å². The maximum atomic E-state index is 5.66. The van der Waals surface area contributed by atoms with Gasteiger partial charge in [-0.05, 0) is 6.07 Å². The number of fused-ring (bicyclic) bond motifs is 3. The molecule has 2 N–H and O–H groups in total. The minimum Gasteiger partial charge on any atom is -0.494 e. The number of methoxy groups -OCH3 is 1. The van der Waals surface area contributed by atoms with Gasteiger partial charge in [-0.1, -0.05) is 6.07 Å². The number of benzene rings is 1. The summed E-state index contributed by atoms with van der Waals surface area (Å²) >= 11 is 0. The molecule has 0 bridgehead atoms. The van der Waals surface area contributed by atoms with Gasteiger partial charge in [0.15, 0.2) is 16.9 Å². The first-order valence-corrected chi connectivity index (χ1v) is 5.21. The Kier molecular flexibility index (Phi) is 2.15. The van der Waals surface area contributed by atoms with Crippen LogP contribution in [-0.4, -0.2) is 26.9 Å². The van der Waals surface area contributed by atoms with E-state index in [4.69, 9.17) is 10.5 Å². The molecule has 2 aromatic heterocycles. The van der Waals surface area contributed by atoms with Crippen molar-refractivity contribution in [3.8, 4) is 5.75 Å². The monoisotopic (exact) mass is 229 g/mol. The quantitative estimate of drug-likeness (QED) is 0.701. The predicted octanol–water partition coefficient (Wildman–Crippen LogP) is 0.745. The zero-order valence-corrected chi connectivity index (χ0v) is 9.29. The maximum absolute atomic E-state index is 5.66. The van der Waals surface area contributed by atoms with E-state index < -0.39 is 0 Å². The summed E-state index contributed by atoms with van der Waals surface area (Å²) < 4.78 is 7.08.